The van der Waals surface area contributed by atoms with Gasteiger partial charge < -0.3 is 9.47 Å². The van der Waals surface area contributed by atoms with E-state index in [2.05, 4.69) is 0 Å². The maximum absolute atomic E-state index is 12.4. The third kappa shape index (κ3) is 3.00. The molecule has 0 aromatic heterocycles. The van der Waals surface area contributed by atoms with Gasteiger partial charge in [0.15, 0.2) is 6.10 Å². The van der Waals surface area contributed by atoms with Gasteiger partial charge >= 0.3 is 5.97 Å². The van der Waals surface area contributed by atoms with Crippen LogP contribution >= 0.6 is 0 Å². The SMILES string of the molecule is CCOC(=O)CN1C(=O)C(CC)Oc2ccc([N+](=O)[O-])cc21. The maximum atomic E-state index is 12.4. The minimum atomic E-state index is -0.719. The number of esters is 1. The number of nitrogens with zero attached hydrogens (tertiary/aromatic N) is 2. The Hall–Kier alpha value is -2.64. The molecule has 1 atom stereocenters. The summed E-state index contributed by atoms with van der Waals surface area (Å²) in [7, 11) is 0. The number of non-ortho nitro benzene ring substituents is 1. The minimum absolute atomic E-state index is 0.182. The summed E-state index contributed by atoms with van der Waals surface area (Å²) >= 11 is 0. The molecule has 1 amide bonds. The number of ether oxygens (including phenoxy) is 2. The van der Waals surface area contributed by atoms with Crippen LogP contribution in [0.5, 0.6) is 5.75 Å². The number of anilines is 1. The van der Waals surface area contributed by atoms with E-state index < -0.39 is 22.9 Å². The van der Waals surface area contributed by atoms with Gasteiger partial charge in [0.25, 0.3) is 11.6 Å². The second-order valence-electron chi connectivity index (χ2n) is 4.65. The van der Waals surface area contributed by atoms with Crippen LogP contribution < -0.4 is 9.64 Å². The van der Waals surface area contributed by atoms with E-state index in [4.69, 9.17) is 9.47 Å². The Kier molecular flexibility index (Phi) is 4.59. The van der Waals surface area contributed by atoms with Crippen LogP contribution in [-0.4, -0.2) is 36.1 Å². The Morgan fingerprint density at radius 2 is 2.18 bits per heavy atom. The number of benzene rings is 1. The average Bonchev–Trinajstić information content (AvgIpc) is 2.49. The summed E-state index contributed by atoms with van der Waals surface area (Å²) in [6, 6.07) is 3.95. The molecule has 0 N–H and O–H groups in total. The van der Waals surface area contributed by atoms with Gasteiger partial charge in [-0.05, 0) is 19.4 Å². The Labute approximate surface area is 126 Å². The predicted octanol–water partition coefficient (Wildman–Crippen LogP) is 1.66. The first-order chi connectivity index (χ1) is 10.5. The van der Waals surface area contributed by atoms with Crippen molar-refractivity contribution in [1.29, 1.82) is 0 Å². The van der Waals surface area contributed by atoms with Crippen LogP contribution in [0.15, 0.2) is 18.2 Å². The van der Waals surface area contributed by atoms with Gasteiger partial charge in [0.2, 0.25) is 0 Å². The summed E-state index contributed by atoms with van der Waals surface area (Å²) in [4.78, 5) is 35.6. The van der Waals surface area contributed by atoms with Gasteiger partial charge in [-0.3, -0.25) is 24.6 Å². The molecule has 0 saturated heterocycles. The van der Waals surface area contributed by atoms with Crippen LogP contribution in [0, 0.1) is 10.1 Å². The lowest BCUT2D eigenvalue weighted by atomic mass is 10.1. The number of hydrogen-bond acceptors (Lipinski definition) is 6. The lowest BCUT2D eigenvalue weighted by Gasteiger charge is -2.33. The lowest BCUT2D eigenvalue weighted by molar-refractivity contribution is -0.384. The van der Waals surface area contributed by atoms with Crippen molar-refractivity contribution < 1.29 is 24.0 Å². The molecule has 0 spiro atoms. The Morgan fingerprint density at radius 1 is 1.45 bits per heavy atom. The molecule has 0 saturated carbocycles. The van der Waals surface area contributed by atoms with Crippen LogP contribution in [-0.2, 0) is 14.3 Å². The fourth-order valence-electron chi connectivity index (χ4n) is 2.18. The van der Waals surface area contributed by atoms with Crippen molar-refractivity contribution in [2.45, 2.75) is 26.4 Å². The molecule has 1 aliphatic rings. The quantitative estimate of drug-likeness (QED) is 0.466. The number of nitro groups is 1. The van der Waals surface area contributed by atoms with Crippen LogP contribution in [0.3, 0.4) is 0 Å². The van der Waals surface area contributed by atoms with Crippen LogP contribution in [0.2, 0.25) is 0 Å². The molecule has 0 radical (unpaired) electrons. The molecule has 8 heteroatoms. The zero-order valence-corrected chi connectivity index (χ0v) is 12.3. The topological polar surface area (TPSA) is 99.0 Å². The monoisotopic (exact) mass is 308 g/mol. The maximum Gasteiger partial charge on any atom is 0.326 e. The number of fused-ring (bicyclic) bond motifs is 1. The van der Waals surface area contributed by atoms with Gasteiger partial charge in [0.05, 0.1) is 17.2 Å². The highest BCUT2D eigenvalue weighted by atomic mass is 16.6. The predicted molar refractivity (Wildman–Crippen MR) is 76.8 cm³/mol. The molecule has 0 fully saturated rings. The molecule has 2 rings (SSSR count). The largest absolute Gasteiger partial charge is 0.478 e. The standard InChI is InChI=1S/C14H16N2O6/c1-3-11-14(18)15(8-13(17)21-4-2)10-7-9(16(19)20)5-6-12(10)22-11/h5-7,11H,3-4,8H2,1-2H3. The van der Waals surface area contributed by atoms with Crippen molar-refractivity contribution in [3.8, 4) is 5.75 Å². The van der Waals surface area contributed by atoms with E-state index in [0.29, 0.717) is 12.2 Å². The number of amides is 1. The molecule has 8 nitrogen and oxygen atoms in total. The van der Waals surface area contributed by atoms with Crippen molar-refractivity contribution >= 4 is 23.3 Å². The number of carbonyl (C=O) groups excluding carboxylic acids is 2. The molecule has 1 aromatic rings. The van der Waals surface area contributed by atoms with Gasteiger partial charge in [-0.1, -0.05) is 6.92 Å². The molecular weight excluding hydrogens is 292 g/mol. The highest BCUT2D eigenvalue weighted by molar-refractivity contribution is 6.03. The van der Waals surface area contributed by atoms with Crippen molar-refractivity contribution in [2.75, 3.05) is 18.1 Å². The fourth-order valence-corrected chi connectivity index (χ4v) is 2.18. The third-order valence-electron chi connectivity index (χ3n) is 3.22. The van der Waals surface area contributed by atoms with Crippen molar-refractivity contribution in [3.63, 3.8) is 0 Å². The highest BCUT2D eigenvalue weighted by Crippen LogP contribution is 2.37. The summed E-state index contributed by atoms with van der Waals surface area (Å²) in [6.07, 6.45) is -0.294. The van der Waals surface area contributed by atoms with Crippen molar-refractivity contribution in [3.05, 3.63) is 28.3 Å². The van der Waals surface area contributed by atoms with Gasteiger partial charge in [0.1, 0.15) is 12.3 Å². The first-order valence-electron chi connectivity index (χ1n) is 6.90. The number of rotatable bonds is 5. The summed E-state index contributed by atoms with van der Waals surface area (Å²) in [5, 5.41) is 10.9. The summed E-state index contributed by atoms with van der Waals surface area (Å²) < 4.78 is 10.4. The van der Waals surface area contributed by atoms with E-state index in [0.717, 1.165) is 0 Å². The second-order valence-corrected chi connectivity index (χ2v) is 4.65. The van der Waals surface area contributed by atoms with E-state index >= 15 is 0 Å². The molecule has 1 heterocycles. The molecule has 1 aromatic carbocycles. The summed E-state index contributed by atoms with van der Waals surface area (Å²) in [5.41, 5.74) is 0.0240. The van der Waals surface area contributed by atoms with Gasteiger partial charge in [0, 0.05) is 12.1 Å². The molecule has 1 aliphatic heterocycles. The smallest absolute Gasteiger partial charge is 0.326 e. The van der Waals surface area contributed by atoms with E-state index in [1.165, 1.54) is 23.1 Å². The van der Waals surface area contributed by atoms with Gasteiger partial charge in [-0.15, -0.1) is 0 Å². The lowest BCUT2D eigenvalue weighted by Crippen LogP contribution is -2.48. The summed E-state index contributed by atoms with van der Waals surface area (Å²) in [6.45, 7) is 3.32. The van der Waals surface area contributed by atoms with E-state index in [9.17, 15) is 19.7 Å². The van der Waals surface area contributed by atoms with Gasteiger partial charge in [-0.25, -0.2) is 0 Å². The average molecular weight is 308 g/mol. The molecule has 118 valence electrons. The molecule has 0 bridgehead atoms. The second kappa shape index (κ2) is 6.42. The van der Waals surface area contributed by atoms with Crippen molar-refractivity contribution in [2.24, 2.45) is 0 Å². The Morgan fingerprint density at radius 3 is 2.77 bits per heavy atom. The summed E-state index contributed by atoms with van der Waals surface area (Å²) in [5.74, 6) is -0.657. The first-order valence-corrected chi connectivity index (χ1v) is 6.90. The number of nitro benzene ring substituents is 1. The first kappa shape index (κ1) is 15.7. The zero-order chi connectivity index (χ0) is 16.3. The molecule has 22 heavy (non-hydrogen) atoms. The molecule has 0 aliphatic carbocycles. The number of hydrogen-bond donors (Lipinski definition) is 0. The molecular formula is C14H16N2O6. The zero-order valence-electron chi connectivity index (χ0n) is 12.3. The highest BCUT2D eigenvalue weighted by Gasteiger charge is 2.35. The van der Waals surface area contributed by atoms with E-state index in [1.807, 2.05) is 0 Å². The van der Waals surface area contributed by atoms with Crippen LogP contribution in [0.25, 0.3) is 0 Å². The van der Waals surface area contributed by atoms with E-state index in [-0.39, 0.29) is 24.5 Å². The van der Waals surface area contributed by atoms with Crippen LogP contribution in [0.4, 0.5) is 11.4 Å². The van der Waals surface area contributed by atoms with Crippen molar-refractivity contribution in [1.82, 2.24) is 0 Å². The number of carbonyl (C=O) groups is 2. The Balaban J connectivity index is 2.41. The minimum Gasteiger partial charge on any atom is -0.478 e. The molecule has 1 unspecified atom stereocenters. The third-order valence-corrected chi connectivity index (χ3v) is 3.22. The normalized spacial score (nSPS) is 16.7. The Bertz CT molecular complexity index is 615. The van der Waals surface area contributed by atoms with Crippen LogP contribution in [0.1, 0.15) is 20.3 Å². The fraction of sp³-hybridized carbons (Fsp3) is 0.429. The van der Waals surface area contributed by atoms with E-state index in [1.54, 1.807) is 13.8 Å². The van der Waals surface area contributed by atoms with Gasteiger partial charge in [-0.2, -0.15) is 0 Å².